The van der Waals surface area contributed by atoms with Crippen molar-refractivity contribution in [1.82, 2.24) is 0 Å². The summed E-state index contributed by atoms with van der Waals surface area (Å²) in [6.45, 7) is 0. The van der Waals surface area contributed by atoms with Crippen LogP contribution < -0.4 is 0 Å². The molecule has 0 bridgehead atoms. The summed E-state index contributed by atoms with van der Waals surface area (Å²) in [5.41, 5.74) is 1.28. The molecule has 98 valence electrons. The van der Waals surface area contributed by atoms with Crippen molar-refractivity contribution in [1.29, 1.82) is 0 Å². The number of rotatable bonds is 5. The molecule has 0 aliphatic heterocycles. The molecule has 2 aromatic rings. The third-order valence-corrected chi connectivity index (χ3v) is 3.02. The zero-order valence-corrected chi connectivity index (χ0v) is 10.4. The third kappa shape index (κ3) is 2.19. The number of aldehydes is 4. The zero-order chi connectivity index (χ0) is 14.5. The zero-order valence-electron chi connectivity index (χ0n) is 10.4. The summed E-state index contributed by atoms with van der Waals surface area (Å²) in [7, 11) is 0. The van der Waals surface area contributed by atoms with Gasteiger partial charge < -0.3 is 0 Å². The van der Waals surface area contributed by atoms with Crippen molar-refractivity contribution in [2.45, 2.75) is 0 Å². The van der Waals surface area contributed by atoms with Crippen LogP contribution in [0.2, 0.25) is 0 Å². The van der Waals surface area contributed by atoms with Crippen LogP contribution in [-0.4, -0.2) is 25.1 Å². The van der Waals surface area contributed by atoms with E-state index in [-0.39, 0.29) is 22.3 Å². The molecule has 4 nitrogen and oxygen atoms in total. The number of hydrogen-bond donors (Lipinski definition) is 0. The van der Waals surface area contributed by atoms with Crippen molar-refractivity contribution in [3.05, 3.63) is 58.7 Å². The van der Waals surface area contributed by atoms with Gasteiger partial charge in [-0.2, -0.15) is 0 Å². The predicted molar refractivity (Wildman–Crippen MR) is 73.4 cm³/mol. The molecular weight excluding hydrogens is 256 g/mol. The van der Waals surface area contributed by atoms with E-state index in [2.05, 4.69) is 0 Å². The summed E-state index contributed by atoms with van der Waals surface area (Å²) in [6, 6.07) is 10.1. The Morgan fingerprint density at radius 3 is 1.75 bits per heavy atom. The molecule has 0 fully saturated rings. The smallest absolute Gasteiger partial charge is 0.151 e. The lowest BCUT2D eigenvalue weighted by Crippen LogP contribution is -2.04. The van der Waals surface area contributed by atoms with Gasteiger partial charge >= 0.3 is 0 Å². The molecule has 0 unspecified atom stereocenters. The molecule has 0 amide bonds. The fourth-order valence-corrected chi connectivity index (χ4v) is 2.13. The van der Waals surface area contributed by atoms with Crippen molar-refractivity contribution in [2.75, 3.05) is 0 Å². The summed E-state index contributed by atoms with van der Waals surface area (Å²) in [6.07, 6.45) is 1.97. The summed E-state index contributed by atoms with van der Waals surface area (Å²) < 4.78 is 0. The average Bonchev–Trinajstić information content (AvgIpc) is 2.53. The number of carbonyl (C=O) groups is 4. The van der Waals surface area contributed by atoms with E-state index in [0.29, 0.717) is 36.3 Å². The van der Waals surface area contributed by atoms with E-state index in [1.165, 1.54) is 6.07 Å². The van der Waals surface area contributed by atoms with Crippen LogP contribution >= 0.6 is 0 Å². The van der Waals surface area contributed by atoms with E-state index in [9.17, 15) is 19.2 Å². The van der Waals surface area contributed by atoms with E-state index >= 15 is 0 Å². The standard InChI is InChI=1S/C16H10O4/c17-7-12-6-13(8-18)16(11-4-2-1-3-5-11)15(10-20)14(12)9-19/h1-10H. The normalized spacial score (nSPS) is 9.80. The Balaban J connectivity index is 2.91. The lowest BCUT2D eigenvalue weighted by molar-refractivity contribution is 0.108. The second-order valence-corrected chi connectivity index (χ2v) is 4.09. The summed E-state index contributed by atoms with van der Waals surface area (Å²) in [4.78, 5) is 44.7. The average molecular weight is 266 g/mol. The van der Waals surface area contributed by atoms with Gasteiger partial charge in [0, 0.05) is 27.8 Å². The first-order chi connectivity index (χ1) is 9.76. The van der Waals surface area contributed by atoms with Gasteiger partial charge in [-0.15, -0.1) is 0 Å². The molecule has 0 radical (unpaired) electrons. The Hall–Kier alpha value is -2.88. The Labute approximate surface area is 115 Å². The SMILES string of the molecule is O=Cc1cc(C=O)c(-c2ccccc2)c(C=O)c1C=O. The van der Waals surface area contributed by atoms with Crippen molar-refractivity contribution in [2.24, 2.45) is 0 Å². The highest BCUT2D eigenvalue weighted by Gasteiger charge is 2.18. The molecule has 4 heteroatoms. The van der Waals surface area contributed by atoms with Crippen molar-refractivity contribution < 1.29 is 19.2 Å². The molecule has 0 heterocycles. The Bertz CT molecular complexity index is 687. The Morgan fingerprint density at radius 1 is 0.650 bits per heavy atom. The first kappa shape index (κ1) is 13.5. The second kappa shape index (κ2) is 5.84. The molecular formula is C16H10O4. The van der Waals surface area contributed by atoms with E-state index in [4.69, 9.17) is 0 Å². The molecule has 0 N–H and O–H groups in total. The van der Waals surface area contributed by atoms with E-state index in [0.717, 1.165) is 0 Å². The number of carbonyl (C=O) groups excluding carboxylic acids is 4. The van der Waals surface area contributed by atoms with Crippen LogP contribution in [0.4, 0.5) is 0 Å². The van der Waals surface area contributed by atoms with Crippen LogP contribution in [0.3, 0.4) is 0 Å². The van der Waals surface area contributed by atoms with Gasteiger partial charge in [-0.25, -0.2) is 0 Å². The monoisotopic (exact) mass is 266 g/mol. The van der Waals surface area contributed by atoms with Gasteiger partial charge in [-0.3, -0.25) is 19.2 Å². The quantitative estimate of drug-likeness (QED) is 0.780. The van der Waals surface area contributed by atoms with Gasteiger partial charge in [-0.05, 0) is 11.6 Å². The molecule has 0 aromatic heterocycles. The molecule has 0 saturated carbocycles. The first-order valence-electron chi connectivity index (χ1n) is 5.84. The maximum atomic E-state index is 11.3. The molecule has 0 aliphatic rings. The van der Waals surface area contributed by atoms with Crippen LogP contribution in [0.1, 0.15) is 41.4 Å². The Kier molecular flexibility index (Phi) is 3.96. The highest BCUT2D eigenvalue weighted by Crippen LogP contribution is 2.29. The van der Waals surface area contributed by atoms with E-state index in [1.54, 1.807) is 30.3 Å². The largest absolute Gasteiger partial charge is 0.298 e. The predicted octanol–water partition coefficient (Wildman–Crippen LogP) is 2.60. The summed E-state index contributed by atoms with van der Waals surface area (Å²) in [5.74, 6) is 0. The van der Waals surface area contributed by atoms with Gasteiger partial charge in [0.2, 0.25) is 0 Å². The summed E-state index contributed by atoms with van der Waals surface area (Å²) in [5, 5.41) is 0. The molecule has 20 heavy (non-hydrogen) atoms. The first-order valence-corrected chi connectivity index (χ1v) is 5.84. The maximum absolute atomic E-state index is 11.3. The minimum Gasteiger partial charge on any atom is -0.298 e. The topological polar surface area (TPSA) is 68.3 Å². The van der Waals surface area contributed by atoms with Crippen LogP contribution in [0.5, 0.6) is 0 Å². The van der Waals surface area contributed by atoms with Crippen molar-refractivity contribution >= 4 is 25.1 Å². The molecule has 0 spiro atoms. The van der Waals surface area contributed by atoms with Gasteiger partial charge in [0.15, 0.2) is 25.1 Å². The van der Waals surface area contributed by atoms with Crippen LogP contribution in [0, 0.1) is 0 Å². The molecule has 0 saturated heterocycles. The third-order valence-electron chi connectivity index (χ3n) is 3.02. The highest BCUT2D eigenvalue weighted by atomic mass is 16.1. The van der Waals surface area contributed by atoms with Gasteiger partial charge in [-0.1, -0.05) is 30.3 Å². The molecule has 2 rings (SSSR count). The highest BCUT2D eigenvalue weighted by molar-refractivity contribution is 6.07. The van der Waals surface area contributed by atoms with E-state index in [1.807, 2.05) is 0 Å². The van der Waals surface area contributed by atoms with E-state index < -0.39 is 0 Å². The van der Waals surface area contributed by atoms with Gasteiger partial charge in [0.05, 0.1) is 0 Å². The lowest BCUT2D eigenvalue weighted by atomic mass is 9.89. The molecule has 0 aliphatic carbocycles. The lowest BCUT2D eigenvalue weighted by Gasteiger charge is -2.12. The van der Waals surface area contributed by atoms with Crippen LogP contribution in [0.15, 0.2) is 36.4 Å². The fraction of sp³-hybridized carbons (Fsp3) is 0. The fourth-order valence-electron chi connectivity index (χ4n) is 2.13. The van der Waals surface area contributed by atoms with Gasteiger partial charge in [0.1, 0.15) is 0 Å². The summed E-state index contributed by atoms with van der Waals surface area (Å²) >= 11 is 0. The molecule has 2 aromatic carbocycles. The number of benzene rings is 2. The number of hydrogen-bond acceptors (Lipinski definition) is 4. The van der Waals surface area contributed by atoms with Gasteiger partial charge in [0.25, 0.3) is 0 Å². The van der Waals surface area contributed by atoms with Crippen molar-refractivity contribution in [3.63, 3.8) is 0 Å². The minimum atomic E-state index is -0.000506. The van der Waals surface area contributed by atoms with Crippen LogP contribution in [0.25, 0.3) is 11.1 Å². The second-order valence-electron chi connectivity index (χ2n) is 4.09. The minimum absolute atomic E-state index is 0.000506. The van der Waals surface area contributed by atoms with Crippen molar-refractivity contribution in [3.8, 4) is 11.1 Å². The van der Waals surface area contributed by atoms with Crippen LogP contribution in [-0.2, 0) is 0 Å². The molecule has 0 atom stereocenters. The Morgan fingerprint density at radius 2 is 1.25 bits per heavy atom. The maximum Gasteiger partial charge on any atom is 0.151 e.